The summed E-state index contributed by atoms with van der Waals surface area (Å²) in [7, 11) is 0. The summed E-state index contributed by atoms with van der Waals surface area (Å²) < 4.78 is 0. The van der Waals surface area contributed by atoms with Crippen LogP contribution in [0, 0.1) is 17.8 Å². The largest absolute Gasteiger partial charge is 0.176 e. The SMILES string of the molecule is CC1CCCC2C(S)CCC12. The first-order valence-electron chi connectivity index (χ1n) is 4.97. The molecule has 4 atom stereocenters. The quantitative estimate of drug-likeness (QED) is 0.531. The number of hydrogen-bond acceptors (Lipinski definition) is 1. The van der Waals surface area contributed by atoms with Crippen molar-refractivity contribution in [3.8, 4) is 0 Å². The molecule has 0 N–H and O–H groups in total. The Morgan fingerprint density at radius 2 is 1.82 bits per heavy atom. The summed E-state index contributed by atoms with van der Waals surface area (Å²) in [6.45, 7) is 2.43. The second kappa shape index (κ2) is 3.01. The van der Waals surface area contributed by atoms with Crippen molar-refractivity contribution in [2.75, 3.05) is 0 Å². The van der Waals surface area contributed by atoms with Crippen LogP contribution in [0.1, 0.15) is 39.0 Å². The zero-order valence-corrected chi connectivity index (χ0v) is 8.19. The van der Waals surface area contributed by atoms with Crippen molar-refractivity contribution in [2.45, 2.75) is 44.3 Å². The summed E-state index contributed by atoms with van der Waals surface area (Å²) in [4.78, 5) is 0. The van der Waals surface area contributed by atoms with Crippen LogP contribution in [0.5, 0.6) is 0 Å². The van der Waals surface area contributed by atoms with E-state index in [0.29, 0.717) is 0 Å². The number of thiol groups is 1. The van der Waals surface area contributed by atoms with E-state index in [1.165, 1.54) is 32.1 Å². The van der Waals surface area contributed by atoms with Crippen molar-refractivity contribution in [1.29, 1.82) is 0 Å². The Kier molecular flexibility index (Phi) is 2.18. The predicted molar refractivity (Wildman–Crippen MR) is 52.0 cm³/mol. The van der Waals surface area contributed by atoms with Gasteiger partial charge in [0, 0.05) is 5.25 Å². The van der Waals surface area contributed by atoms with Crippen molar-refractivity contribution >= 4 is 12.6 Å². The zero-order chi connectivity index (χ0) is 7.84. The minimum atomic E-state index is 0.739. The molecule has 64 valence electrons. The van der Waals surface area contributed by atoms with Crippen LogP contribution in [0.4, 0.5) is 0 Å². The molecule has 4 unspecified atom stereocenters. The molecule has 2 aliphatic rings. The maximum absolute atomic E-state index is 4.66. The van der Waals surface area contributed by atoms with Gasteiger partial charge in [0.2, 0.25) is 0 Å². The van der Waals surface area contributed by atoms with Gasteiger partial charge in [-0.2, -0.15) is 12.6 Å². The molecule has 0 saturated heterocycles. The second-order valence-corrected chi connectivity index (χ2v) is 5.04. The van der Waals surface area contributed by atoms with Gasteiger partial charge in [-0.3, -0.25) is 0 Å². The molecule has 0 spiro atoms. The Bertz CT molecular complexity index is 142. The molecule has 0 aromatic rings. The highest BCUT2D eigenvalue weighted by atomic mass is 32.1. The smallest absolute Gasteiger partial charge is 0.00479 e. The molecular formula is C10H18S. The Labute approximate surface area is 75.2 Å². The molecule has 0 nitrogen and oxygen atoms in total. The second-order valence-electron chi connectivity index (χ2n) is 4.38. The first kappa shape index (κ1) is 7.97. The van der Waals surface area contributed by atoms with Crippen molar-refractivity contribution in [3.63, 3.8) is 0 Å². The van der Waals surface area contributed by atoms with Crippen LogP contribution in [0.15, 0.2) is 0 Å². The van der Waals surface area contributed by atoms with Gasteiger partial charge in [0.1, 0.15) is 0 Å². The monoisotopic (exact) mass is 170 g/mol. The van der Waals surface area contributed by atoms with Gasteiger partial charge < -0.3 is 0 Å². The molecule has 0 aliphatic heterocycles. The number of fused-ring (bicyclic) bond motifs is 1. The number of rotatable bonds is 0. The molecule has 2 aliphatic carbocycles. The van der Waals surface area contributed by atoms with E-state index in [4.69, 9.17) is 0 Å². The molecule has 0 aromatic carbocycles. The standard InChI is InChI=1S/C10H18S/c1-7-3-2-4-9-8(7)5-6-10(9)11/h7-11H,2-6H2,1H3. The van der Waals surface area contributed by atoms with Crippen LogP contribution in [0.2, 0.25) is 0 Å². The van der Waals surface area contributed by atoms with E-state index < -0.39 is 0 Å². The van der Waals surface area contributed by atoms with Crippen LogP contribution in [0.25, 0.3) is 0 Å². The Hall–Kier alpha value is 0.350. The molecule has 0 amide bonds. The lowest BCUT2D eigenvalue weighted by Gasteiger charge is -2.32. The Morgan fingerprint density at radius 3 is 2.55 bits per heavy atom. The first-order chi connectivity index (χ1) is 5.29. The summed E-state index contributed by atoms with van der Waals surface area (Å²) in [6.07, 6.45) is 7.23. The fourth-order valence-corrected chi connectivity index (χ4v) is 3.60. The van der Waals surface area contributed by atoms with Gasteiger partial charge in [-0.15, -0.1) is 0 Å². The van der Waals surface area contributed by atoms with Crippen LogP contribution in [-0.4, -0.2) is 5.25 Å². The first-order valence-corrected chi connectivity index (χ1v) is 5.48. The normalized spacial score (nSPS) is 50.7. The Balaban J connectivity index is 2.07. The van der Waals surface area contributed by atoms with Crippen molar-refractivity contribution in [2.24, 2.45) is 17.8 Å². The van der Waals surface area contributed by atoms with E-state index in [-0.39, 0.29) is 0 Å². The van der Waals surface area contributed by atoms with E-state index in [2.05, 4.69) is 19.6 Å². The highest BCUT2D eigenvalue weighted by Crippen LogP contribution is 2.47. The van der Waals surface area contributed by atoms with Crippen LogP contribution < -0.4 is 0 Å². The maximum Gasteiger partial charge on any atom is 0.00479 e. The summed E-state index contributed by atoms with van der Waals surface area (Å²) in [6, 6.07) is 0. The van der Waals surface area contributed by atoms with Gasteiger partial charge in [-0.25, -0.2) is 0 Å². The summed E-state index contributed by atoms with van der Waals surface area (Å²) in [5.74, 6) is 3.00. The van der Waals surface area contributed by atoms with E-state index in [1.807, 2.05) is 0 Å². The summed E-state index contributed by atoms with van der Waals surface area (Å²) in [5.41, 5.74) is 0. The lowest BCUT2D eigenvalue weighted by molar-refractivity contribution is 0.200. The molecule has 0 heterocycles. The highest BCUT2D eigenvalue weighted by Gasteiger charge is 2.38. The third kappa shape index (κ3) is 1.32. The lowest BCUT2D eigenvalue weighted by Crippen LogP contribution is -2.25. The fourth-order valence-electron chi connectivity index (χ4n) is 3.08. The van der Waals surface area contributed by atoms with Gasteiger partial charge in [-0.1, -0.05) is 19.8 Å². The molecular weight excluding hydrogens is 152 g/mol. The lowest BCUT2D eigenvalue weighted by atomic mass is 9.75. The van der Waals surface area contributed by atoms with Crippen molar-refractivity contribution in [3.05, 3.63) is 0 Å². The average molecular weight is 170 g/mol. The summed E-state index contributed by atoms with van der Waals surface area (Å²) >= 11 is 4.66. The molecule has 0 aromatic heterocycles. The molecule has 2 fully saturated rings. The van der Waals surface area contributed by atoms with Crippen molar-refractivity contribution < 1.29 is 0 Å². The van der Waals surface area contributed by atoms with E-state index in [1.54, 1.807) is 0 Å². The van der Waals surface area contributed by atoms with Crippen LogP contribution in [-0.2, 0) is 0 Å². The molecule has 1 heteroatoms. The number of hydrogen-bond donors (Lipinski definition) is 1. The maximum atomic E-state index is 4.66. The third-order valence-corrected chi connectivity index (χ3v) is 4.41. The minimum Gasteiger partial charge on any atom is -0.176 e. The van der Waals surface area contributed by atoms with Gasteiger partial charge in [0.15, 0.2) is 0 Å². The fraction of sp³-hybridized carbons (Fsp3) is 1.00. The average Bonchev–Trinajstić information content (AvgIpc) is 2.35. The highest BCUT2D eigenvalue weighted by molar-refractivity contribution is 7.81. The topological polar surface area (TPSA) is 0 Å². The molecule has 0 radical (unpaired) electrons. The molecule has 11 heavy (non-hydrogen) atoms. The predicted octanol–water partition coefficient (Wildman–Crippen LogP) is 3.13. The van der Waals surface area contributed by atoms with E-state index in [0.717, 1.165) is 23.0 Å². The van der Waals surface area contributed by atoms with E-state index in [9.17, 15) is 0 Å². The van der Waals surface area contributed by atoms with Crippen LogP contribution >= 0.6 is 12.6 Å². The molecule has 2 rings (SSSR count). The van der Waals surface area contributed by atoms with Gasteiger partial charge >= 0.3 is 0 Å². The van der Waals surface area contributed by atoms with E-state index >= 15 is 0 Å². The van der Waals surface area contributed by atoms with Crippen molar-refractivity contribution in [1.82, 2.24) is 0 Å². The zero-order valence-electron chi connectivity index (χ0n) is 7.29. The van der Waals surface area contributed by atoms with Crippen LogP contribution in [0.3, 0.4) is 0 Å². The summed E-state index contributed by atoms with van der Waals surface area (Å²) in [5, 5.41) is 0.739. The molecule has 2 saturated carbocycles. The minimum absolute atomic E-state index is 0.739. The van der Waals surface area contributed by atoms with Gasteiger partial charge in [-0.05, 0) is 37.0 Å². The Morgan fingerprint density at radius 1 is 1.00 bits per heavy atom. The molecule has 0 bridgehead atoms. The van der Waals surface area contributed by atoms with Gasteiger partial charge in [0.25, 0.3) is 0 Å². The van der Waals surface area contributed by atoms with Gasteiger partial charge in [0.05, 0.1) is 0 Å². The third-order valence-electron chi connectivity index (χ3n) is 3.77.